The molecule has 0 unspecified atom stereocenters. The number of hydrogen-bond acceptors (Lipinski definition) is 6. The minimum absolute atomic E-state index is 0.0978. The smallest absolute Gasteiger partial charge is 0.243 e. The van der Waals surface area contributed by atoms with Crippen LogP contribution >= 0.6 is 0 Å². The largest absolute Gasteiger partial charge is 0.325 e. The molecule has 1 aliphatic rings. The van der Waals surface area contributed by atoms with Crippen molar-refractivity contribution in [2.45, 2.75) is 23.6 Å². The number of benzene rings is 2. The van der Waals surface area contributed by atoms with Crippen LogP contribution in [-0.4, -0.2) is 70.9 Å². The molecule has 0 saturated carbocycles. The number of nitrogens with one attached hydrogen (secondary N) is 1. The van der Waals surface area contributed by atoms with Crippen LogP contribution in [0.25, 0.3) is 0 Å². The Balaban J connectivity index is 1.58. The first kappa shape index (κ1) is 23.4. The van der Waals surface area contributed by atoms with Crippen molar-refractivity contribution in [2.75, 3.05) is 44.3 Å². The van der Waals surface area contributed by atoms with E-state index >= 15 is 0 Å². The number of aryl methyl sites for hydroxylation is 2. The highest BCUT2D eigenvalue weighted by molar-refractivity contribution is 7.90. The van der Waals surface area contributed by atoms with E-state index in [9.17, 15) is 21.6 Å². The number of piperazine rings is 1. The lowest BCUT2D eigenvalue weighted by Gasteiger charge is -2.33. The summed E-state index contributed by atoms with van der Waals surface area (Å²) in [5.41, 5.74) is 2.14. The summed E-state index contributed by atoms with van der Waals surface area (Å²) in [5.74, 6) is -0.281. The number of carbonyl (C=O) groups is 1. The molecule has 8 nitrogen and oxygen atoms in total. The lowest BCUT2D eigenvalue weighted by atomic mass is 10.2. The van der Waals surface area contributed by atoms with Crippen molar-refractivity contribution in [1.82, 2.24) is 9.21 Å². The van der Waals surface area contributed by atoms with Gasteiger partial charge in [-0.05, 0) is 43.7 Å². The maximum atomic E-state index is 13.0. The van der Waals surface area contributed by atoms with Crippen LogP contribution in [0.1, 0.15) is 11.1 Å². The standard InChI is InChI=1S/C21H27N3O5S2/c1-16-7-8-20(17(2)13-16)31(28,29)24-11-9-23(10-12-24)15-21(25)22-18-5-4-6-19(14-18)30(3,26)27/h4-8,13-14H,9-12,15H2,1-3H3,(H,22,25). The zero-order chi connectivity index (χ0) is 22.8. The van der Waals surface area contributed by atoms with Crippen molar-refractivity contribution >= 4 is 31.5 Å². The van der Waals surface area contributed by atoms with Crippen LogP contribution < -0.4 is 5.32 Å². The van der Waals surface area contributed by atoms with Crippen molar-refractivity contribution in [3.63, 3.8) is 0 Å². The van der Waals surface area contributed by atoms with E-state index in [2.05, 4.69) is 5.32 Å². The third kappa shape index (κ3) is 5.70. The molecule has 2 aromatic rings. The summed E-state index contributed by atoms with van der Waals surface area (Å²) in [4.78, 5) is 14.7. The molecule has 0 spiro atoms. The Hall–Kier alpha value is -2.27. The van der Waals surface area contributed by atoms with Crippen LogP contribution in [0.3, 0.4) is 0 Å². The Labute approximate surface area is 183 Å². The average Bonchev–Trinajstić information content (AvgIpc) is 2.67. The van der Waals surface area contributed by atoms with E-state index in [0.717, 1.165) is 17.4 Å². The lowest BCUT2D eigenvalue weighted by molar-refractivity contribution is -0.117. The minimum atomic E-state index is -3.58. The van der Waals surface area contributed by atoms with Gasteiger partial charge in [-0.1, -0.05) is 23.8 Å². The van der Waals surface area contributed by atoms with Gasteiger partial charge in [0.1, 0.15) is 0 Å². The summed E-state index contributed by atoms with van der Waals surface area (Å²) in [6.07, 6.45) is 1.11. The van der Waals surface area contributed by atoms with Gasteiger partial charge in [0, 0.05) is 38.1 Å². The quantitative estimate of drug-likeness (QED) is 0.696. The molecule has 1 amide bonds. The van der Waals surface area contributed by atoms with Gasteiger partial charge in [-0.2, -0.15) is 4.31 Å². The topological polar surface area (TPSA) is 104 Å². The van der Waals surface area contributed by atoms with Gasteiger partial charge in [0.25, 0.3) is 0 Å². The fourth-order valence-corrected chi connectivity index (χ4v) is 5.86. The monoisotopic (exact) mass is 465 g/mol. The van der Waals surface area contributed by atoms with Crippen LogP contribution in [0, 0.1) is 13.8 Å². The number of sulfonamides is 1. The minimum Gasteiger partial charge on any atom is -0.325 e. The molecule has 1 aliphatic heterocycles. The van der Waals surface area contributed by atoms with Crippen LogP contribution in [0.15, 0.2) is 52.3 Å². The predicted octanol–water partition coefficient (Wildman–Crippen LogP) is 1.65. The molecular formula is C21H27N3O5S2. The Morgan fingerprint density at radius 1 is 0.968 bits per heavy atom. The van der Waals surface area contributed by atoms with Crippen molar-refractivity contribution in [1.29, 1.82) is 0 Å². The van der Waals surface area contributed by atoms with Crippen molar-refractivity contribution in [2.24, 2.45) is 0 Å². The van der Waals surface area contributed by atoms with E-state index in [1.165, 1.54) is 16.4 Å². The number of hydrogen-bond donors (Lipinski definition) is 1. The summed E-state index contributed by atoms with van der Waals surface area (Å²) in [6, 6.07) is 11.4. The number of rotatable bonds is 6. The maximum Gasteiger partial charge on any atom is 0.243 e. The van der Waals surface area contributed by atoms with E-state index < -0.39 is 19.9 Å². The highest BCUT2D eigenvalue weighted by Gasteiger charge is 2.30. The van der Waals surface area contributed by atoms with E-state index in [0.29, 0.717) is 36.8 Å². The number of anilines is 1. The summed E-state index contributed by atoms with van der Waals surface area (Å²) in [6.45, 7) is 5.27. The molecule has 0 aromatic heterocycles. The van der Waals surface area contributed by atoms with Crippen LogP contribution in [0.4, 0.5) is 5.69 Å². The van der Waals surface area contributed by atoms with Gasteiger partial charge in [-0.15, -0.1) is 0 Å². The molecule has 3 rings (SSSR count). The second-order valence-corrected chi connectivity index (χ2v) is 11.7. The molecule has 31 heavy (non-hydrogen) atoms. The first-order chi connectivity index (χ1) is 14.5. The van der Waals surface area contributed by atoms with Crippen molar-refractivity contribution in [3.05, 3.63) is 53.6 Å². The third-order valence-corrected chi connectivity index (χ3v) is 8.36. The lowest BCUT2D eigenvalue weighted by Crippen LogP contribution is -2.50. The summed E-state index contributed by atoms with van der Waals surface area (Å²) < 4.78 is 50.7. The van der Waals surface area contributed by atoms with Gasteiger partial charge < -0.3 is 5.32 Å². The molecule has 10 heteroatoms. The van der Waals surface area contributed by atoms with Gasteiger partial charge in [0.2, 0.25) is 15.9 Å². The Morgan fingerprint density at radius 3 is 2.26 bits per heavy atom. The van der Waals surface area contributed by atoms with Crippen molar-refractivity contribution in [3.8, 4) is 0 Å². The molecular weight excluding hydrogens is 438 g/mol. The molecule has 0 atom stereocenters. The van der Waals surface area contributed by atoms with Crippen LogP contribution in [-0.2, 0) is 24.7 Å². The van der Waals surface area contributed by atoms with Gasteiger partial charge in [0.15, 0.2) is 9.84 Å². The molecule has 0 bridgehead atoms. The molecule has 1 fully saturated rings. The van der Waals surface area contributed by atoms with Gasteiger partial charge >= 0.3 is 0 Å². The first-order valence-corrected chi connectivity index (χ1v) is 13.2. The number of nitrogens with zero attached hydrogens (tertiary/aromatic N) is 2. The second-order valence-electron chi connectivity index (χ2n) is 7.80. The predicted molar refractivity (Wildman–Crippen MR) is 119 cm³/mol. The molecule has 1 N–H and O–H groups in total. The third-order valence-electron chi connectivity index (χ3n) is 5.19. The second kappa shape index (κ2) is 9.07. The average molecular weight is 466 g/mol. The van der Waals surface area contributed by atoms with E-state index in [1.54, 1.807) is 31.2 Å². The number of amides is 1. The number of carbonyl (C=O) groups excluding carboxylic acids is 1. The molecule has 0 radical (unpaired) electrons. The Bertz CT molecular complexity index is 1190. The molecule has 168 valence electrons. The maximum absolute atomic E-state index is 13.0. The normalized spacial score (nSPS) is 16.2. The molecule has 1 saturated heterocycles. The van der Waals surface area contributed by atoms with Crippen molar-refractivity contribution < 1.29 is 21.6 Å². The highest BCUT2D eigenvalue weighted by atomic mass is 32.2. The van der Waals surface area contributed by atoms with Gasteiger partial charge in [0.05, 0.1) is 16.3 Å². The first-order valence-electron chi connectivity index (χ1n) is 9.86. The summed E-state index contributed by atoms with van der Waals surface area (Å²) in [7, 11) is -6.94. The van der Waals surface area contributed by atoms with Crippen LogP contribution in [0.2, 0.25) is 0 Å². The van der Waals surface area contributed by atoms with Gasteiger partial charge in [-0.25, -0.2) is 16.8 Å². The highest BCUT2D eigenvalue weighted by Crippen LogP contribution is 2.22. The fourth-order valence-electron chi connectivity index (χ4n) is 3.56. The van der Waals surface area contributed by atoms with E-state index in [4.69, 9.17) is 0 Å². The number of sulfone groups is 1. The molecule has 0 aliphatic carbocycles. The van der Waals surface area contributed by atoms with Gasteiger partial charge in [-0.3, -0.25) is 9.69 Å². The molecule has 2 aromatic carbocycles. The Kier molecular flexibility index (Phi) is 6.85. The molecule has 1 heterocycles. The zero-order valence-corrected chi connectivity index (χ0v) is 19.5. The SMILES string of the molecule is Cc1ccc(S(=O)(=O)N2CCN(CC(=O)Nc3cccc(S(C)(=O)=O)c3)CC2)c(C)c1. The zero-order valence-electron chi connectivity index (χ0n) is 17.8. The van der Waals surface area contributed by atoms with Crippen LogP contribution in [0.5, 0.6) is 0 Å². The Morgan fingerprint density at radius 2 is 1.65 bits per heavy atom. The van der Waals surface area contributed by atoms with E-state index in [-0.39, 0.29) is 17.3 Å². The summed E-state index contributed by atoms with van der Waals surface area (Å²) in [5, 5.41) is 2.70. The van der Waals surface area contributed by atoms with E-state index in [1.807, 2.05) is 17.9 Å². The summed E-state index contributed by atoms with van der Waals surface area (Å²) >= 11 is 0. The fraction of sp³-hybridized carbons (Fsp3) is 0.381.